The molecule has 0 bridgehead atoms. The third kappa shape index (κ3) is 7.80. The second kappa shape index (κ2) is 11.9. The van der Waals surface area contributed by atoms with E-state index in [-0.39, 0.29) is 1.43 Å². The predicted molar refractivity (Wildman–Crippen MR) is 79.7 cm³/mol. The van der Waals surface area contributed by atoms with Gasteiger partial charge in [-0.25, -0.2) is 10.5 Å². The number of aliphatic imine (C=N–C) groups is 1. The first kappa shape index (κ1) is 17.9. The SMILES string of the molecule is C#C.CCNC=NC[N+]1(CCONC)CCOCC1.[HH]. The summed E-state index contributed by atoms with van der Waals surface area (Å²) in [6.45, 7) is 9.09. The Balaban J connectivity index is 0. The molecular weight excluding hydrogens is 244 g/mol. The second-order valence-electron chi connectivity index (χ2n) is 4.19. The van der Waals surface area contributed by atoms with E-state index < -0.39 is 0 Å². The molecule has 1 heterocycles. The van der Waals surface area contributed by atoms with Crippen LogP contribution < -0.4 is 10.8 Å². The van der Waals surface area contributed by atoms with Gasteiger partial charge in [0, 0.05) is 15.0 Å². The third-order valence-corrected chi connectivity index (χ3v) is 3.00. The Labute approximate surface area is 118 Å². The first-order chi connectivity index (χ1) is 9.33. The number of hydrogen-bond acceptors (Lipinski definition) is 4. The molecule has 0 amide bonds. The van der Waals surface area contributed by atoms with Crippen molar-refractivity contribution in [3.05, 3.63) is 0 Å². The summed E-state index contributed by atoms with van der Waals surface area (Å²) in [6, 6.07) is 0. The van der Waals surface area contributed by atoms with Gasteiger partial charge in [0.15, 0.2) is 6.67 Å². The molecule has 1 rings (SSSR count). The molecule has 6 nitrogen and oxygen atoms in total. The van der Waals surface area contributed by atoms with E-state index >= 15 is 0 Å². The molecule has 1 aliphatic rings. The van der Waals surface area contributed by atoms with Gasteiger partial charge in [-0.15, -0.1) is 12.8 Å². The van der Waals surface area contributed by atoms with Gasteiger partial charge in [0.2, 0.25) is 0 Å². The van der Waals surface area contributed by atoms with Crippen LogP contribution in [-0.2, 0) is 9.57 Å². The minimum Gasteiger partial charge on any atom is -0.377 e. The minimum atomic E-state index is 0. The molecule has 0 atom stereocenters. The third-order valence-electron chi connectivity index (χ3n) is 3.00. The molecular formula is C13H29N4O2+. The number of quaternary nitrogens is 1. The average molecular weight is 273 g/mol. The average Bonchev–Trinajstić information content (AvgIpc) is 2.47. The maximum absolute atomic E-state index is 5.42. The summed E-state index contributed by atoms with van der Waals surface area (Å²) >= 11 is 0. The van der Waals surface area contributed by atoms with Gasteiger partial charge in [0.05, 0.1) is 19.6 Å². The second-order valence-corrected chi connectivity index (χ2v) is 4.19. The molecule has 1 aliphatic heterocycles. The molecule has 19 heavy (non-hydrogen) atoms. The van der Waals surface area contributed by atoms with Gasteiger partial charge in [-0.3, -0.25) is 9.32 Å². The maximum atomic E-state index is 5.42. The van der Waals surface area contributed by atoms with E-state index in [0.717, 1.165) is 50.5 Å². The van der Waals surface area contributed by atoms with Gasteiger partial charge in [0.1, 0.15) is 26.2 Å². The van der Waals surface area contributed by atoms with E-state index in [2.05, 4.69) is 35.6 Å². The lowest BCUT2D eigenvalue weighted by molar-refractivity contribution is -0.934. The highest BCUT2D eigenvalue weighted by molar-refractivity contribution is 5.53. The van der Waals surface area contributed by atoms with E-state index in [1.165, 1.54) is 0 Å². The number of nitrogens with zero attached hydrogens (tertiary/aromatic N) is 2. The smallest absolute Gasteiger partial charge is 0.174 e. The number of ether oxygens (including phenoxy) is 1. The van der Waals surface area contributed by atoms with Crippen molar-refractivity contribution in [3.8, 4) is 12.8 Å². The van der Waals surface area contributed by atoms with Gasteiger partial charge >= 0.3 is 0 Å². The van der Waals surface area contributed by atoms with Crippen LogP contribution in [0, 0.1) is 12.8 Å². The number of hydroxylamine groups is 1. The zero-order chi connectivity index (χ0) is 14.4. The molecule has 0 spiro atoms. The Hall–Kier alpha value is -1.13. The molecule has 0 aromatic carbocycles. The highest BCUT2D eigenvalue weighted by Crippen LogP contribution is 2.11. The summed E-state index contributed by atoms with van der Waals surface area (Å²) in [7, 11) is 1.78. The Morgan fingerprint density at radius 1 is 1.42 bits per heavy atom. The van der Waals surface area contributed by atoms with Gasteiger partial charge in [-0.05, 0) is 6.92 Å². The zero-order valence-corrected chi connectivity index (χ0v) is 12.1. The van der Waals surface area contributed by atoms with E-state index in [1.807, 2.05) is 0 Å². The van der Waals surface area contributed by atoms with Crippen LogP contribution in [0.3, 0.4) is 0 Å². The molecule has 112 valence electrons. The summed E-state index contributed by atoms with van der Waals surface area (Å²) in [5.74, 6) is 0. The van der Waals surface area contributed by atoms with E-state index in [4.69, 9.17) is 9.57 Å². The topological polar surface area (TPSA) is 54.9 Å². The van der Waals surface area contributed by atoms with Crippen LogP contribution in [0.2, 0.25) is 0 Å². The van der Waals surface area contributed by atoms with Crippen LogP contribution >= 0.6 is 0 Å². The number of terminal acetylenes is 1. The van der Waals surface area contributed by atoms with Crippen molar-refractivity contribution in [2.45, 2.75) is 6.92 Å². The van der Waals surface area contributed by atoms with Crippen molar-refractivity contribution >= 4 is 6.34 Å². The summed E-state index contributed by atoms with van der Waals surface area (Å²) in [5, 5.41) is 3.10. The fraction of sp³-hybridized carbons (Fsp3) is 0.769. The number of nitrogens with one attached hydrogen (secondary N) is 2. The van der Waals surface area contributed by atoms with Crippen molar-refractivity contribution in [2.24, 2.45) is 4.99 Å². The Kier molecular flexibility index (Phi) is 11.2. The molecule has 0 saturated carbocycles. The molecule has 0 aliphatic carbocycles. The molecule has 1 fully saturated rings. The largest absolute Gasteiger partial charge is 0.377 e. The number of rotatable bonds is 8. The number of hydrogen-bond donors (Lipinski definition) is 2. The lowest BCUT2D eigenvalue weighted by atomic mass is 10.3. The predicted octanol–water partition coefficient (Wildman–Crippen LogP) is 0.0751. The quantitative estimate of drug-likeness (QED) is 0.164. The van der Waals surface area contributed by atoms with Crippen LogP contribution in [0.5, 0.6) is 0 Å². The molecule has 1 saturated heterocycles. The summed E-state index contributed by atoms with van der Waals surface area (Å²) in [4.78, 5) is 9.66. The van der Waals surface area contributed by atoms with E-state index in [0.29, 0.717) is 6.61 Å². The molecule has 6 heteroatoms. The molecule has 0 radical (unpaired) electrons. The van der Waals surface area contributed by atoms with Crippen molar-refractivity contribution < 1.29 is 15.5 Å². The van der Waals surface area contributed by atoms with Gasteiger partial charge in [-0.2, -0.15) is 0 Å². The Bertz CT molecular complexity index is 256. The van der Waals surface area contributed by atoms with Gasteiger partial charge < -0.3 is 10.1 Å². The molecule has 0 aromatic heterocycles. The van der Waals surface area contributed by atoms with E-state index in [1.54, 1.807) is 13.4 Å². The standard InChI is InChI=1S/C11H25N4O2.C2H2.H2/c1-3-13-10-14-11-15(6-9-17-12-2)4-7-16-8-5-15;1-2;/h10,12H,3-9,11H2,1-2H3,(H,13,14);1-2H;1H/q+1;;. The highest BCUT2D eigenvalue weighted by Gasteiger charge is 2.29. The highest BCUT2D eigenvalue weighted by atomic mass is 16.6. The first-order valence-electron chi connectivity index (χ1n) is 6.59. The summed E-state index contributed by atoms with van der Waals surface area (Å²) in [6.07, 6.45) is 9.80. The lowest BCUT2D eigenvalue weighted by Gasteiger charge is -2.39. The number of morpholine rings is 1. The van der Waals surface area contributed by atoms with Crippen molar-refractivity contribution in [3.63, 3.8) is 0 Å². The van der Waals surface area contributed by atoms with Gasteiger partial charge in [-0.1, -0.05) is 0 Å². The van der Waals surface area contributed by atoms with Crippen molar-refractivity contribution in [1.29, 1.82) is 0 Å². The Morgan fingerprint density at radius 3 is 2.68 bits per heavy atom. The summed E-state index contributed by atoms with van der Waals surface area (Å²) < 4.78 is 6.37. The van der Waals surface area contributed by atoms with Crippen LogP contribution in [0.15, 0.2) is 4.99 Å². The maximum Gasteiger partial charge on any atom is 0.174 e. The van der Waals surface area contributed by atoms with Gasteiger partial charge in [0.25, 0.3) is 0 Å². The minimum absolute atomic E-state index is 0. The van der Waals surface area contributed by atoms with Crippen LogP contribution in [0.25, 0.3) is 0 Å². The fourth-order valence-corrected chi connectivity index (χ4v) is 1.88. The van der Waals surface area contributed by atoms with Crippen LogP contribution in [0.4, 0.5) is 0 Å². The summed E-state index contributed by atoms with van der Waals surface area (Å²) in [5.41, 5.74) is 2.71. The van der Waals surface area contributed by atoms with Crippen LogP contribution in [-0.4, -0.2) is 70.5 Å². The molecule has 2 N–H and O–H groups in total. The first-order valence-corrected chi connectivity index (χ1v) is 6.59. The monoisotopic (exact) mass is 273 g/mol. The molecule has 0 unspecified atom stereocenters. The van der Waals surface area contributed by atoms with Crippen LogP contribution in [0.1, 0.15) is 8.35 Å². The lowest BCUT2D eigenvalue weighted by Crippen LogP contribution is -2.56. The Morgan fingerprint density at radius 2 is 2.11 bits per heavy atom. The van der Waals surface area contributed by atoms with Crippen molar-refractivity contribution in [1.82, 2.24) is 10.8 Å². The van der Waals surface area contributed by atoms with E-state index in [9.17, 15) is 0 Å². The van der Waals surface area contributed by atoms with Crippen molar-refractivity contribution in [2.75, 3.05) is 59.7 Å². The fourth-order valence-electron chi connectivity index (χ4n) is 1.88. The zero-order valence-electron chi connectivity index (χ0n) is 12.1. The normalized spacial score (nSPS) is 17.7. The molecule has 0 aromatic rings.